The molecule has 1 aromatic carbocycles. The van der Waals surface area contributed by atoms with Gasteiger partial charge in [0.25, 0.3) is 5.69 Å². The van der Waals surface area contributed by atoms with E-state index in [2.05, 4.69) is 9.97 Å². The van der Waals surface area contributed by atoms with Crippen molar-refractivity contribution in [2.24, 2.45) is 0 Å². The number of hydrogen-bond acceptors (Lipinski definition) is 6. The Kier molecular flexibility index (Phi) is 3.87. The Hall–Kier alpha value is -2.70. The molecule has 0 N–H and O–H groups in total. The molecule has 19 heavy (non-hydrogen) atoms. The van der Waals surface area contributed by atoms with E-state index in [4.69, 9.17) is 9.47 Å². The number of nitrogens with zero attached hydrogens (tertiary/aromatic N) is 3. The molecule has 0 unspecified atom stereocenters. The number of aromatic nitrogens is 2. The minimum absolute atomic E-state index is 0.0554. The van der Waals surface area contributed by atoms with Crippen molar-refractivity contribution in [3.63, 3.8) is 0 Å². The first kappa shape index (κ1) is 12.7. The van der Waals surface area contributed by atoms with Crippen LogP contribution in [-0.4, -0.2) is 22.0 Å². The standard InChI is InChI=1S/C12H11N3O4/c1-18-11-7-9(15(16)17)3-4-10(11)19-8-12-13-5-2-6-14-12/h2-7H,8H2,1H3. The van der Waals surface area contributed by atoms with E-state index in [1.165, 1.54) is 25.3 Å². The Balaban J connectivity index is 2.14. The van der Waals surface area contributed by atoms with Gasteiger partial charge < -0.3 is 9.47 Å². The summed E-state index contributed by atoms with van der Waals surface area (Å²) >= 11 is 0. The Bertz CT molecular complexity index is 574. The van der Waals surface area contributed by atoms with Crippen molar-refractivity contribution in [3.05, 3.63) is 52.6 Å². The number of benzene rings is 1. The van der Waals surface area contributed by atoms with Crippen molar-refractivity contribution in [2.75, 3.05) is 7.11 Å². The molecule has 0 radical (unpaired) electrons. The number of methoxy groups -OCH3 is 1. The van der Waals surface area contributed by atoms with Gasteiger partial charge in [0.05, 0.1) is 18.1 Å². The zero-order chi connectivity index (χ0) is 13.7. The maximum absolute atomic E-state index is 10.6. The highest BCUT2D eigenvalue weighted by Gasteiger charge is 2.12. The summed E-state index contributed by atoms with van der Waals surface area (Å²) < 4.78 is 10.5. The smallest absolute Gasteiger partial charge is 0.273 e. The van der Waals surface area contributed by atoms with Gasteiger partial charge in [-0.15, -0.1) is 0 Å². The molecule has 0 aliphatic rings. The van der Waals surface area contributed by atoms with Crippen LogP contribution >= 0.6 is 0 Å². The molecule has 0 bridgehead atoms. The first-order chi connectivity index (χ1) is 9.20. The Labute approximate surface area is 109 Å². The number of ether oxygens (including phenoxy) is 2. The number of rotatable bonds is 5. The molecule has 0 saturated carbocycles. The molecule has 1 heterocycles. The van der Waals surface area contributed by atoms with Gasteiger partial charge in [-0.25, -0.2) is 9.97 Å². The lowest BCUT2D eigenvalue weighted by Gasteiger charge is -2.09. The number of nitro groups is 1. The van der Waals surface area contributed by atoms with Crippen LogP contribution in [0, 0.1) is 10.1 Å². The average Bonchev–Trinajstić information content (AvgIpc) is 2.45. The topological polar surface area (TPSA) is 87.4 Å². The Morgan fingerprint density at radius 3 is 2.63 bits per heavy atom. The monoisotopic (exact) mass is 261 g/mol. The van der Waals surface area contributed by atoms with Crippen LogP contribution in [0.2, 0.25) is 0 Å². The molecule has 2 rings (SSSR count). The van der Waals surface area contributed by atoms with Crippen LogP contribution in [0.25, 0.3) is 0 Å². The van der Waals surface area contributed by atoms with Gasteiger partial charge in [0.2, 0.25) is 0 Å². The summed E-state index contributed by atoms with van der Waals surface area (Å²) in [5.74, 6) is 1.22. The third-order valence-corrected chi connectivity index (χ3v) is 2.33. The van der Waals surface area contributed by atoms with Gasteiger partial charge in [-0.2, -0.15) is 0 Å². The summed E-state index contributed by atoms with van der Waals surface area (Å²) in [6, 6.07) is 5.85. The van der Waals surface area contributed by atoms with E-state index in [1.807, 2.05) is 0 Å². The molecule has 1 aromatic heterocycles. The number of non-ortho nitro benzene ring substituents is 1. The van der Waals surface area contributed by atoms with E-state index in [0.29, 0.717) is 17.3 Å². The van der Waals surface area contributed by atoms with Gasteiger partial charge in [-0.3, -0.25) is 10.1 Å². The van der Waals surface area contributed by atoms with E-state index in [9.17, 15) is 10.1 Å². The normalized spacial score (nSPS) is 9.95. The summed E-state index contributed by atoms with van der Waals surface area (Å²) in [6.07, 6.45) is 3.22. The van der Waals surface area contributed by atoms with Crippen LogP contribution in [0.3, 0.4) is 0 Å². The van der Waals surface area contributed by atoms with Crippen molar-refractivity contribution in [3.8, 4) is 11.5 Å². The van der Waals surface area contributed by atoms with Crippen LogP contribution in [0.1, 0.15) is 5.82 Å². The van der Waals surface area contributed by atoms with Gasteiger partial charge in [-0.05, 0) is 12.1 Å². The third kappa shape index (κ3) is 3.15. The summed E-state index contributed by atoms with van der Waals surface area (Å²) in [5, 5.41) is 10.6. The lowest BCUT2D eigenvalue weighted by Crippen LogP contribution is -2.02. The van der Waals surface area contributed by atoms with Gasteiger partial charge in [0, 0.05) is 18.5 Å². The minimum Gasteiger partial charge on any atom is -0.493 e. The average molecular weight is 261 g/mol. The van der Waals surface area contributed by atoms with Gasteiger partial charge >= 0.3 is 0 Å². The molecule has 0 atom stereocenters. The van der Waals surface area contributed by atoms with Crippen molar-refractivity contribution in [1.29, 1.82) is 0 Å². The third-order valence-electron chi connectivity index (χ3n) is 2.33. The fraction of sp³-hybridized carbons (Fsp3) is 0.167. The van der Waals surface area contributed by atoms with Crippen LogP contribution in [0.15, 0.2) is 36.7 Å². The molecule has 0 spiro atoms. The second-order valence-electron chi connectivity index (χ2n) is 3.55. The fourth-order valence-corrected chi connectivity index (χ4v) is 1.44. The van der Waals surface area contributed by atoms with Gasteiger partial charge in [0.15, 0.2) is 17.3 Å². The van der Waals surface area contributed by atoms with Crippen LogP contribution in [0.4, 0.5) is 5.69 Å². The van der Waals surface area contributed by atoms with Crippen LogP contribution < -0.4 is 9.47 Å². The molecule has 7 heteroatoms. The van der Waals surface area contributed by atoms with E-state index >= 15 is 0 Å². The van der Waals surface area contributed by atoms with Gasteiger partial charge in [0.1, 0.15) is 6.61 Å². The highest BCUT2D eigenvalue weighted by Crippen LogP contribution is 2.31. The van der Waals surface area contributed by atoms with Crippen molar-refractivity contribution >= 4 is 5.69 Å². The predicted molar refractivity (Wildman–Crippen MR) is 66.0 cm³/mol. The number of nitro benzene ring substituents is 1. The zero-order valence-electron chi connectivity index (χ0n) is 10.1. The maximum atomic E-state index is 10.6. The molecule has 0 aliphatic carbocycles. The molecular weight excluding hydrogens is 250 g/mol. The summed E-state index contributed by atoms with van der Waals surface area (Å²) in [6.45, 7) is 0.162. The quantitative estimate of drug-likeness (QED) is 0.604. The Morgan fingerprint density at radius 1 is 1.26 bits per heavy atom. The lowest BCUT2D eigenvalue weighted by atomic mass is 10.3. The van der Waals surface area contributed by atoms with Crippen molar-refractivity contribution < 1.29 is 14.4 Å². The van der Waals surface area contributed by atoms with Crippen molar-refractivity contribution in [2.45, 2.75) is 6.61 Å². The van der Waals surface area contributed by atoms with E-state index in [0.717, 1.165) is 0 Å². The minimum atomic E-state index is -0.493. The van der Waals surface area contributed by atoms with E-state index in [1.54, 1.807) is 18.5 Å². The molecule has 0 aliphatic heterocycles. The molecule has 0 fully saturated rings. The second kappa shape index (κ2) is 5.76. The number of hydrogen-bond donors (Lipinski definition) is 0. The van der Waals surface area contributed by atoms with E-state index in [-0.39, 0.29) is 12.3 Å². The van der Waals surface area contributed by atoms with Crippen LogP contribution in [0.5, 0.6) is 11.5 Å². The first-order valence-corrected chi connectivity index (χ1v) is 5.42. The molecule has 0 saturated heterocycles. The zero-order valence-corrected chi connectivity index (χ0v) is 10.1. The fourth-order valence-electron chi connectivity index (χ4n) is 1.44. The Morgan fingerprint density at radius 2 is 2.00 bits per heavy atom. The summed E-state index contributed by atoms with van der Waals surface area (Å²) in [5.41, 5.74) is -0.0554. The highest BCUT2D eigenvalue weighted by molar-refractivity contribution is 5.48. The predicted octanol–water partition coefficient (Wildman–Crippen LogP) is 1.97. The first-order valence-electron chi connectivity index (χ1n) is 5.42. The van der Waals surface area contributed by atoms with E-state index < -0.39 is 4.92 Å². The SMILES string of the molecule is COc1cc([N+](=O)[O-])ccc1OCc1ncccn1. The summed E-state index contributed by atoms with van der Waals surface area (Å²) in [7, 11) is 1.42. The molecule has 98 valence electrons. The largest absolute Gasteiger partial charge is 0.493 e. The lowest BCUT2D eigenvalue weighted by molar-refractivity contribution is -0.385. The second-order valence-corrected chi connectivity index (χ2v) is 3.55. The molecule has 7 nitrogen and oxygen atoms in total. The highest BCUT2D eigenvalue weighted by atomic mass is 16.6. The maximum Gasteiger partial charge on any atom is 0.273 e. The summed E-state index contributed by atoms with van der Waals surface area (Å²) in [4.78, 5) is 18.2. The van der Waals surface area contributed by atoms with Crippen molar-refractivity contribution in [1.82, 2.24) is 9.97 Å². The van der Waals surface area contributed by atoms with Gasteiger partial charge in [-0.1, -0.05) is 0 Å². The molecule has 0 amide bonds. The molecular formula is C12H11N3O4. The van der Waals surface area contributed by atoms with Crippen LogP contribution in [-0.2, 0) is 6.61 Å². The molecule has 2 aromatic rings.